The number of anilines is 1. The van der Waals surface area contributed by atoms with Crippen molar-refractivity contribution in [3.8, 4) is 6.07 Å². The largest absolute Gasteiger partial charge is 0.378 e. The smallest absolute Gasteiger partial charge is 0.103 e. The standard InChI is InChI=1S/C17H15N3S/c1-11-7-14(21-12(11)2)10-20-17-13(8-18)9-19-16-6-4-3-5-15(16)17/h3-7,9H,10H2,1-2H3,(H,19,20). The summed E-state index contributed by atoms with van der Waals surface area (Å²) < 4.78 is 0. The van der Waals surface area contributed by atoms with Crippen molar-refractivity contribution >= 4 is 27.9 Å². The van der Waals surface area contributed by atoms with E-state index < -0.39 is 0 Å². The molecule has 0 unspecified atom stereocenters. The first-order valence-corrected chi connectivity index (χ1v) is 7.58. The van der Waals surface area contributed by atoms with Gasteiger partial charge in [-0.25, -0.2) is 0 Å². The molecule has 0 radical (unpaired) electrons. The van der Waals surface area contributed by atoms with Gasteiger partial charge in [-0.05, 0) is 31.5 Å². The maximum Gasteiger partial charge on any atom is 0.103 e. The Bertz CT molecular complexity index is 823. The van der Waals surface area contributed by atoms with E-state index in [0.717, 1.165) is 23.1 Å². The maximum absolute atomic E-state index is 9.30. The number of para-hydroxylation sites is 1. The fourth-order valence-electron chi connectivity index (χ4n) is 2.33. The molecule has 1 N–H and O–H groups in total. The topological polar surface area (TPSA) is 48.7 Å². The molecular formula is C17H15N3S. The van der Waals surface area contributed by atoms with E-state index in [1.54, 1.807) is 17.5 Å². The third kappa shape index (κ3) is 2.61. The quantitative estimate of drug-likeness (QED) is 0.778. The highest BCUT2D eigenvalue weighted by atomic mass is 32.1. The molecule has 3 nitrogen and oxygen atoms in total. The van der Waals surface area contributed by atoms with E-state index in [2.05, 4.69) is 36.3 Å². The van der Waals surface area contributed by atoms with Crippen LogP contribution in [-0.4, -0.2) is 4.98 Å². The predicted octanol–water partition coefficient (Wildman–Crippen LogP) is 4.40. The van der Waals surface area contributed by atoms with Crippen LogP contribution in [0.15, 0.2) is 36.5 Å². The number of benzene rings is 1. The SMILES string of the molecule is Cc1cc(CNc2c(C#N)cnc3ccccc23)sc1C. The van der Waals surface area contributed by atoms with Crippen LogP contribution in [0.2, 0.25) is 0 Å². The lowest BCUT2D eigenvalue weighted by atomic mass is 10.1. The summed E-state index contributed by atoms with van der Waals surface area (Å²) in [5.74, 6) is 0. The van der Waals surface area contributed by atoms with Crippen LogP contribution in [0, 0.1) is 25.2 Å². The molecule has 0 amide bonds. The van der Waals surface area contributed by atoms with E-state index in [9.17, 15) is 5.26 Å². The number of nitrogens with one attached hydrogen (secondary N) is 1. The Morgan fingerprint density at radius 2 is 2.10 bits per heavy atom. The molecule has 0 saturated carbocycles. The Balaban J connectivity index is 1.97. The molecule has 0 saturated heterocycles. The minimum absolute atomic E-state index is 0.582. The molecule has 0 aliphatic carbocycles. The maximum atomic E-state index is 9.30. The summed E-state index contributed by atoms with van der Waals surface area (Å²) >= 11 is 1.79. The van der Waals surface area contributed by atoms with Crippen molar-refractivity contribution in [1.29, 1.82) is 5.26 Å². The first kappa shape index (κ1) is 13.6. The van der Waals surface area contributed by atoms with E-state index in [-0.39, 0.29) is 0 Å². The van der Waals surface area contributed by atoms with Crippen LogP contribution in [-0.2, 0) is 6.54 Å². The van der Waals surface area contributed by atoms with Crippen LogP contribution in [0.5, 0.6) is 0 Å². The van der Waals surface area contributed by atoms with Crippen molar-refractivity contribution in [2.24, 2.45) is 0 Å². The van der Waals surface area contributed by atoms with E-state index in [0.29, 0.717) is 5.56 Å². The average molecular weight is 293 g/mol. The van der Waals surface area contributed by atoms with Crippen LogP contribution in [0.1, 0.15) is 20.9 Å². The molecule has 104 valence electrons. The molecule has 0 aliphatic rings. The van der Waals surface area contributed by atoms with Crippen LogP contribution in [0.3, 0.4) is 0 Å². The van der Waals surface area contributed by atoms with E-state index in [1.165, 1.54) is 15.3 Å². The van der Waals surface area contributed by atoms with Gasteiger partial charge >= 0.3 is 0 Å². The van der Waals surface area contributed by atoms with Gasteiger partial charge in [0.15, 0.2) is 0 Å². The van der Waals surface area contributed by atoms with Crippen molar-refractivity contribution in [2.45, 2.75) is 20.4 Å². The fraction of sp³-hybridized carbons (Fsp3) is 0.176. The Kier molecular flexibility index (Phi) is 3.59. The zero-order valence-electron chi connectivity index (χ0n) is 12.0. The second-order valence-electron chi connectivity index (χ2n) is 4.98. The Morgan fingerprint density at radius 3 is 2.81 bits per heavy atom. The van der Waals surface area contributed by atoms with Crippen molar-refractivity contribution in [3.05, 3.63) is 57.4 Å². The van der Waals surface area contributed by atoms with Crippen molar-refractivity contribution in [1.82, 2.24) is 4.98 Å². The number of nitriles is 1. The summed E-state index contributed by atoms with van der Waals surface area (Å²) in [6.07, 6.45) is 1.63. The fourth-order valence-corrected chi connectivity index (χ4v) is 3.32. The van der Waals surface area contributed by atoms with Gasteiger partial charge in [0.05, 0.1) is 16.8 Å². The molecule has 0 atom stereocenters. The second-order valence-corrected chi connectivity index (χ2v) is 6.32. The molecule has 2 aromatic heterocycles. The van der Waals surface area contributed by atoms with Gasteiger partial charge in [0.1, 0.15) is 6.07 Å². The van der Waals surface area contributed by atoms with Gasteiger partial charge in [0.2, 0.25) is 0 Å². The zero-order chi connectivity index (χ0) is 14.8. The number of thiophene rings is 1. The number of hydrogen-bond donors (Lipinski definition) is 1. The molecule has 4 heteroatoms. The van der Waals surface area contributed by atoms with Gasteiger partial charge in [0.25, 0.3) is 0 Å². The minimum atomic E-state index is 0.582. The number of nitrogens with zero attached hydrogens (tertiary/aromatic N) is 2. The summed E-state index contributed by atoms with van der Waals surface area (Å²) in [6.45, 7) is 4.98. The molecular weight excluding hydrogens is 278 g/mol. The molecule has 3 aromatic rings. The highest BCUT2D eigenvalue weighted by Crippen LogP contribution is 2.27. The minimum Gasteiger partial charge on any atom is -0.378 e. The monoisotopic (exact) mass is 293 g/mol. The molecule has 0 spiro atoms. The normalized spacial score (nSPS) is 10.5. The number of pyridine rings is 1. The van der Waals surface area contributed by atoms with Gasteiger partial charge in [-0.15, -0.1) is 11.3 Å². The average Bonchev–Trinajstić information content (AvgIpc) is 2.83. The van der Waals surface area contributed by atoms with Crippen LogP contribution in [0.4, 0.5) is 5.69 Å². The Morgan fingerprint density at radius 1 is 1.29 bits per heavy atom. The van der Waals surface area contributed by atoms with Crippen molar-refractivity contribution in [3.63, 3.8) is 0 Å². The van der Waals surface area contributed by atoms with E-state index in [1.807, 2.05) is 24.3 Å². The summed E-state index contributed by atoms with van der Waals surface area (Å²) in [6, 6.07) is 12.3. The summed E-state index contributed by atoms with van der Waals surface area (Å²) in [5, 5.41) is 13.7. The zero-order valence-corrected chi connectivity index (χ0v) is 12.8. The number of fused-ring (bicyclic) bond motifs is 1. The molecule has 3 rings (SSSR count). The molecule has 0 bridgehead atoms. The summed E-state index contributed by atoms with van der Waals surface area (Å²) in [7, 11) is 0. The highest BCUT2D eigenvalue weighted by Gasteiger charge is 2.09. The predicted molar refractivity (Wildman–Crippen MR) is 87.6 cm³/mol. The van der Waals surface area contributed by atoms with Crippen molar-refractivity contribution < 1.29 is 0 Å². The van der Waals surface area contributed by atoms with Gasteiger partial charge < -0.3 is 5.32 Å². The lowest BCUT2D eigenvalue weighted by molar-refractivity contribution is 1.18. The molecule has 0 fully saturated rings. The van der Waals surface area contributed by atoms with E-state index >= 15 is 0 Å². The van der Waals surface area contributed by atoms with Gasteiger partial charge in [0, 0.05) is 27.9 Å². The molecule has 2 heterocycles. The third-order valence-corrected chi connectivity index (χ3v) is 4.70. The Labute approximate surface area is 127 Å². The number of aromatic nitrogens is 1. The van der Waals surface area contributed by atoms with Gasteiger partial charge in [-0.3, -0.25) is 4.98 Å². The van der Waals surface area contributed by atoms with Crippen LogP contribution >= 0.6 is 11.3 Å². The molecule has 0 aliphatic heterocycles. The lowest BCUT2D eigenvalue weighted by Gasteiger charge is -2.10. The number of rotatable bonds is 3. The van der Waals surface area contributed by atoms with Gasteiger partial charge in [-0.1, -0.05) is 18.2 Å². The molecule has 21 heavy (non-hydrogen) atoms. The summed E-state index contributed by atoms with van der Waals surface area (Å²) in [5.41, 5.74) is 3.67. The highest BCUT2D eigenvalue weighted by molar-refractivity contribution is 7.12. The lowest BCUT2D eigenvalue weighted by Crippen LogP contribution is -2.01. The van der Waals surface area contributed by atoms with Gasteiger partial charge in [-0.2, -0.15) is 5.26 Å². The first-order valence-electron chi connectivity index (χ1n) is 6.76. The number of aryl methyl sites for hydroxylation is 2. The summed E-state index contributed by atoms with van der Waals surface area (Å²) in [4.78, 5) is 6.94. The van der Waals surface area contributed by atoms with Crippen LogP contribution < -0.4 is 5.32 Å². The number of hydrogen-bond acceptors (Lipinski definition) is 4. The molecule has 1 aromatic carbocycles. The second kappa shape index (κ2) is 5.55. The van der Waals surface area contributed by atoms with Crippen molar-refractivity contribution in [2.75, 3.05) is 5.32 Å². The first-order chi connectivity index (χ1) is 10.2. The third-order valence-electron chi connectivity index (χ3n) is 3.55. The Hall–Kier alpha value is -2.38. The van der Waals surface area contributed by atoms with E-state index in [4.69, 9.17) is 0 Å². The van der Waals surface area contributed by atoms with Crippen LogP contribution in [0.25, 0.3) is 10.9 Å².